The molecule has 0 aliphatic heterocycles. The number of unbranched alkanes of at least 4 members (excludes halogenated alkanes) is 21. The summed E-state index contributed by atoms with van der Waals surface area (Å²) in [6, 6.07) is 0. The van der Waals surface area contributed by atoms with Gasteiger partial charge >= 0.3 is 39.5 Å². The van der Waals surface area contributed by atoms with Crippen LogP contribution in [0.3, 0.4) is 0 Å². The minimum absolute atomic E-state index is 0.0658. The Morgan fingerprint density at radius 2 is 0.551 bits per heavy atom. The zero-order valence-corrected chi connectivity index (χ0v) is 62.7. The van der Waals surface area contributed by atoms with Gasteiger partial charge in [0, 0.05) is 25.7 Å². The Bertz CT molecular complexity index is 2380. The molecule has 0 aliphatic carbocycles. The topological polar surface area (TPSA) is 237 Å². The van der Waals surface area contributed by atoms with Crippen molar-refractivity contribution in [1.82, 2.24) is 0 Å². The van der Waals surface area contributed by atoms with Gasteiger partial charge < -0.3 is 33.8 Å². The molecule has 0 bridgehead atoms. The first-order valence-electron chi connectivity index (χ1n) is 37.4. The first-order valence-corrected chi connectivity index (χ1v) is 40.4. The van der Waals surface area contributed by atoms with E-state index in [0.29, 0.717) is 25.7 Å². The van der Waals surface area contributed by atoms with E-state index in [1.165, 1.54) is 25.7 Å². The lowest BCUT2D eigenvalue weighted by Crippen LogP contribution is -2.30. The third-order valence-corrected chi connectivity index (χ3v) is 17.0. The normalized spacial score (nSPS) is 14.7. The minimum atomic E-state index is -4.99. The molecule has 5 unspecified atom stereocenters. The summed E-state index contributed by atoms with van der Waals surface area (Å²) >= 11 is 0. The van der Waals surface area contributed by atoms with E-state index in [4.69, 9.17) is 37.0 Å². The van der Waals surface area contributed by atoms with Gasteiger partial charge in [0.1, 0.15) is 19.3 Å². The number of hydrogen-bond donors (Lipinski definition) is 3. The zero-order chi connectivity index (χ0) is 71.8. The van der Waals surface area contributed by atoms with E-state index in [2.05, 4.69) is 161 Å². The van der Waals surface area contributed by atoms with Crippen LogP contribution in [-0.2, 0) is 65.4 Å². The molecule has 0 heterocycles. The van der Waals surface area contributed by atoms with Crippen molar-refractivity contribution < 1.29 is 80.2 Å². The summed E-state index contributed by atoms with van der Waals surface area (Å²) in [7, 11) is -9.98. The highest BCUT2D eigenvalue weighted by molar-refractivity contribution is 7.47. The number of esters is 4. The molecular weight excluding hydrogens is 1280 g/mol. The van der Waals surface area contributed by atoms with Crippen molar-refractivity contribution in [1.29, 1.82) is 0 Å². The number of phosphoric ester groups is 2. The summed E-state index contributed by atoms with van der Waals surface area (Å²) in [6.07, 6.45) is 77.4. The molecule has 0 saturated heterocycles. The fourth-order valence-corrected chi connectivity index (χ4v) is 11.0. The van der Waals surface area contributed by atoms with E-state index >= 15 is 0 Å². The van der Waals surface area contributed by atoms with Crippen molar-refractivity contribution in [3.8, 4) is 0 Å². The van der Waals surface area contributed by atoms with Gasteiger partial charge in [-0.1, -0.05) is 238 Å². The van der Waals surface area contributed by atoms with Gasteiger partial charge in [-0.05, 0) is 154 Å². The summed E-state index contributed by atoms with van der Waals surface area (Å²) < 4.78 is 68.3. The Kier molecular flexibility index (Phi) is 67.2. The Morgan fingerprint density at radius 3 is 0.888 bits per heavy atom. The maximum absolute atomic E-state index is 13.1. The van der Waals surface area contributed by atoms with Crippen LogP contribution in [0.15, 0.2) is 134 Å². The third-order valence-electron chi connectivity index (χ3n) is 15.1. The lowest BCUT2D eigenvalue weighted by molar-refractivity contribution is -0.161. The molecular formula is C79H132O17P2. The van der Waals surface area contributed by atoms with Crippen molar-refractivity contribution in [2.24, 2.45) is 0 Å². The monoisotopic (exact) mass is 1410 g/mol. The van der Waals surface area contributed by atoms with Crippen LogP contribution in [0.2, 0.25) is 0 Å². The summed E-state index contributed by atoms with van der Waals surface area (Å²) in [5.41, 5.74) is 0. The predicted molar refractivity (Wildman–Crippen MR) is 399 cm³/mol. The molecule has 0 aromatic carbocycles. The molecule has 5 atom stereocenters. The van der Waals surface area contributed by atoms with Crippen molar-refractivity contribution in [2.45, 2.75) is 303 Å². The molecule has 560 valence electrons. The summed E-state index contributed by atoms with van der Waals surface area (Å²) in [6.45, 7) is 4.45. The number of hydrogen-bond acceptors (Lipinski definition) is 15. The smallest absolute Gasteiger partial charge is 0.462 e. The first kappa shape index (κ1) is 93.2. The van der Waals surface area contributed by atoms with E-state index in [1.807, 2.05) is 0 Å². The highest BCUT2D eigenvalue weighted by atomic mass is 31.2. The standard InChI is InChI=1S/C79H132O17P2/c1-5-9-13-17-21-25-29-33-35-36-38-42-44-48-52-56-60-64-77(82)90-70-75(96-79(84)66-62-58-54-50-46-40-32-28-24-20-16-12-8-4)72-94-98(87,88)92-68-73(80)67-91-97(85,86)93-71-74(95-78(83)65-61-57-53-49-45-39-31-27-23-19-15-11-7-3)69-89-76(81)63-59-55-51-47-43-41-37-34-30-26-22-18-14-10-6-2/h9-10,13-15,19,21-22,25-28,31-35,37-38,42-43,47,73-75,80H,5-8,11-12,16-18,20,23-24,29-30,36,39-41,44-46,48-72H2,1-4H3,(H,85,86)(H,87,88)/b13-9-,14-10-,19-15-,25-21-,26-22-,31-27-,32-28-,35-33-,37-34-,42-38-,47-43-. The van der Waals surface area contributed by atoms with Gasteiger partial charge in [-0.2, -0.15) is 0 Å². The van der Waals surface area contributed by atoms with Gasteiger partial charge in [0.25, 0.3) is 0 Å². The van der Waals surface area contributed by atoms with E-state index in [0.717, 1.165) is 180 Å². The van der Waals surface area contributed by atoms with Crippen LogP contribution in [0.4, 0.5) is 0 Å². The predicted octanol–water partition coefficient (Wildman–Crippen LogP) is 21.3. The SMILES string of the molecule is CC/C=C\C/C=C\C/C=C\C/C=C\CCCCCCC(=O)OCC(COP(=O)(O)OCC(O)COP(=O)(O)OCC(COC(=O)CCCC/C=C\C/C=C\C/C=C\C/C=C\CC)OC(=O)CCCCCCC/C=C\C/C=C\CCC)OC(=O)CCCCCCC/C=C\CCCCCC. The largest absolute Gasteiger partial charge is 0.472 e. The summed E-state index contributed by atoms with van der Waals surface area (Å²) in [5, 5.41) is 10.6. The molecule has 19 heteroatoms. The van der Waals surface area contributed by atoms with Crippen LogP contribution >= 0.6 is 15.6 Å². The van der Waals surface area contributed by atoms with E-state index < -0.39 is 97.5 Å². The summed E-state index contributed by atoms with van der Waals surface area (Å²) in [5.74, 6) is -2.28. The molecule has 0 radical (unpaired) electrons. The van der Waals surface area contributed by atoms with Gasteiger partial charge in [-0.15, -0.1) is 0 Å². The number of ether oxygens (including phenoxy) is 4. The highest BCUT2D eigenvalue weighted by Crippen LogP contribution is 2.45. The second kappa shape index (κ2) is 70.6. The van der Waals surface area contributed by atoms with Crippen molar-refractivity contribution >= 4 is 39.5 Å². The van der Waals surface area contributed by atoms with Gasteiger partial charge in [-0.3, -0.25) is 37.3 Å². The number of aliphatic hydroxyl groups is 1. The molecule has 0 spiro atoms. The molecule has 0 aromatic heterocycles. The molecule has 3 N–H and O–H groups in total. The van der Waals surface area contributed by atoms with E-state index in [1.54, 1.807) is 0 Å². The lowest BCUT2D eigenvalue weighted by Gasteiger charge is -2.21. The Hall–Kier alpha value is -4.80. The number of allylic oxidation sites excluding steroid dienone is 22. The van der Waals surface area contributed by atoms with E-state index in [-0.39, 0.29) is 25.7 Å². The quantitative estimate of drug-likeness (QED) is 0.0169. The highest BCUT2D eigenvalue weighted by Gasteiger charge is 2.30. The van der Waals surface area contributed by atoms with Crippen LogP contribution < -0.4 is 0 Å². The maximum Gasteiger partial charge on any atom is 0.472 e. The first-order chi connectivity index (χ1) is 47.7. The molecule has 0 rings (SSSR count). The fraction of sp³-hybridized carbons (Fsp3) is 0.671. The molecule has 0 amide bonds. The van der Waals surface area contributed by atoms with Crippen LogP contribution in [-0.4, -0.2) is 96.7 Å². The van der Waals surface area contributed by atoms with Crippen LogP contribution in [0.1, 0.15) is 285 Å². The molecule has 0 aliphatic rings. The molecule has 0 aromatic rings. The van der Waals surface area contributed by atoms with Gasteiger partial charge in [0.15, 0.2) is 12.2 Å². The number of carbonyl (C=O) groups excluding carboxylic acids is 4. The van der Waals surface area contributed by atoms with E-state index in [9.17, 15) is 43.2 Å². The number of rotatable bonds is 69. The minimum Gasteiger partial charge on any atom is -0.462 e. The van der Waals surface area contributed by atoms with Crippen LogP contribution in [0, 0.1) is 0 Å². The molecule has 0 saturated carbocycles. The van der Waals surface area contributed by atoms with Gasteiger partial charge in [0.05, 0.1) is 26.4 Å². The molecule has 17 nitrogen and oxygen atoms in total. The Labute approximate surface area is 593 Å². The average Bonchev–Trinajstić information content (AvgIpc) is 0.969. The van der Waals surface area contributed by atoms with Crippen LogP contribution in [0.25, 0.3) is 0 Å². The van der Waals surface area contributed by atoms with Crippen molar-refractivity contribution in [2.75, 3.05) is 39.6 Å². The number of phosphoric acid groups is 2. The Morgan fingerprint density at radius 1 is 0.296 bits per heavy atom. The second-order valence-electron chi connectivity index (χ2n) is 24.5. The maximum atomic E-state index is 13.1. The second-order valence-corrected chi connectivity index (χ2v) is 27.4. The molecule has 0 fully saturated rings. The third kappa shape index (κ3) is 69.7. The average molecular weight is 1420 g/mol. The van der Waals surface area contributed by atoms with Crippen molar-refractivity contribution in [3.63, 3.8) is 0 Å². The fourth-order valence-electron chi connectivity index (χ4n) is 9.41. The number of aliphatic hydroxyl groups excluding tert-OH is 1. The van der Waals surface area contributed by atoms with Gasteiger partial charge in [-0.25, -0.2) is 9.13 Å². The van der Waals surface area contributed by atoms with Crippen LogP contribution in [0.5, 0.6) is 0 Å². The lowest BCUT2D eigenvalue weighted by atomic mass is 10.1. The van der Waals surface area contributed by atoms with Gasteiger partial charge in [0.2, 0.25) is 0 Å². The number of carbonyl (C=O) groups is 4. The zero-order valence-electron chi connectivity index (χ0n) is 60.9. The summed E-state index contributed by atoms with van der Waals surface area (Å²) in [4.78, 5) is 72.8. The Balaban J connectivity index is 5.41. The molecule has 98 heavy (non-hydrogen) atoms. The van der Waals surface area contributed by atoms with Crippen molar-refractivity contribution in [3.05, 3.63) is 134 Å².